The molecule has 2 rings (SSSR count). The lowest BCUT2D eigenvalue weighted by molar-refractivity contribution is 0.0949. The van der Waals surface area contributed by atoms with Crippen LogP contribution in [0.25, 0.3) is 0 Å². The Labute approximate surface area is 123 Å². The zero-order valence-electron chi connectivity index (χ0n) is 12.7. The smallest absolute Gasteiger partial charge is 0.261 e. The number of aromatic nitrogens is 1. The van der Waals surface area contributed by atoms with E-state index in [2.05, 4.69) is 10.3 Å². The van der Waals surface area contributed by atoms with E-state index < -0.39 is 11.5 Å². The van der Waals surface area contributed by atoms with Gasteiger partial charge in [-0.3, -0.25) is 14.4 Å². The quantitative estimate of drug-likeness (QED) is 0.843. The molecule has 1 amide bonds. The molecule has 2 N–H and O–H groups in total. The van der Waals surface area contributed by atoms with Gasteiger partial charge >= 0.3 is 0 Å². The van der Waals surface area contributed by atoms with E-state index in [0.717, 1.165) is 0 Å². The van der Waals surface area contributed by atoms with Crippen LogP contribution in [0.1, 0.15) is 39.8 Å². The number of H-pyrrole nitrogens is 1. The minimum Gasteiger partial charge on any atom is -0.351 e. The lowest BCUT2D eigenvalue weighted by Gasteiger charge is -2.20. The molecule has 1 aliphatic rings. The number of likely N-dealkylation sites (N-methyl/N-ethyl adjacent to an activating group) is 1. The molecule has 0 saturated heterocycles. The fraction of sp³-hybridized carbons (Fsp3) is 0.533. The summed E-state index contributed by atoms with van der Waals surface area (Å²) in [7, 11) is 3.80. The van der Waals surface area contributed by atoms with E-state index in [9.17, 15) is 14.4 Å². The summed E-state index contributed by atoms with van der Waals surface area (Å²) in [6.45, 7) is 3.11. The first kappa shape index (κ1) is 15.4. The number of carbonyl (C=O) groups is 2. The van der Waals surface area contributed by atoms with Gasteiger partial charge in [-0.05, 0) is 32.5 Å². The Balaban J connectivity index is 2.22. The maximum absolute atomic E-state index is 12.0. The number of ketones is 1. The molecule has 21 heavy (non-hydrogen) atoms. The van der Waals surface area contributed by atoms with Crippen LogP contribution >= 0.6 is 0 Å². The van der Waals surface area contributed by atoms with Crippen LogP contribution in [0, 0.1) is 5.92 Å². The molecule has 1 aromatic heterocycles. The van der Waals surface area contributed by atoms with Crippen molar-refractivity contribution in [3.05, 3.63) is 33.2 Å². The van der Waals surface area contributed by atoms with Crippen LogP contribution < -0.4 is 10.9 Å². The molecule has 0 saturated carbocycles. The lowest BCUT2D eigenvalue weighted by Crippen LogP contribution is -2.35. The van der Waals surface area contributed by atoms with Crippen LogP contribution in [0.5, 0.6) is 0 Å². The number of amides is 1. The van der Waals surface area contributed by atoms with Gasteiger partial charge in [0.25, 0.3) is 11.5 Å². The highest BCUT2D eigenvalue weighted by Crippen LogP contribution is 2.23. The Morgan fingerprint density at radius 3 is 2.76 bits per heavy atom. The minimum atomic E-state index is -0.438. The third kappa shape index (κ3) is 3.58. The van der Waals surface area contributed by atoms with Crippen LogP contribution in [0.4, 0.5) is 0 Å². The summed E-state index contributed by atoms with van der Waals surface area (Å²) in [5.41, 5.74) is 0.701. The standard InChI is InChI=1S/C15H21N3O3/c1-9-6-12-10(13(19)7-9)8-11(15(21)17-12)14(20)16-4-5-18(2)3/h8-9H,4-7H2,1-3H3,(H,16,20)(H,17,21). The zero-order chi connectivity index (χ0) is 15.6. The summed E-state index contributed by atoms with van der Waals surface area (Å²) in [6, 6.07) is 1.44. The van der Waals surface area contributed by atoms with Gasteiger partial charge in [-0.2, -0.15) is 0 Å². The summed E-state index contributed by atoms with van der Waals surface area (Å²) >= 11 is 0. The van der Waals surface area contributed by atoms with Crippen molar-refractivity contribution in [1.82, 2.24) is 15.2 Å². The first-order chi connectivity index (χ1) is 9.88. The molecule has 6 nitrogen and oxygen atoms in total. The number of rotatable bonds is 4. The minimum absolute atomic E-state index is 0.00964. The number of aromatic amines is 1. The Bertz CT molecular complexity index is 619. The molecule has 6 heteroatoms. The van der Waals surface area contributed by atoms with Crippen molar-refractivity contribution in [2.24, 2.45) is 5.92 Å². The predicted molar refractivity (Wildman–Crippen MR) is 79.8 cm³/mol. The van der Waals surface area contributed by atoms with Crippen molar-refractivity contribution >= 4 is 11.7 Å². The van der Waals surface area contributed by atoms with E-state index in [4.69, 9.17) is 0 Å². The number of nitrogens with zero attached hydrogens (tertiary/aromatic N) is 1. The number of Topliss-reactive ketones (excluding diaryl/α,β-unsaturated/α-hetero) is 1. The molecule has 114 valence electrons. The van der Waals surface area contributed by atoms with Crippen LogP contribution in [-0.4, -0.2) is 48.8 Å². The Morgan fingerprint density at radius 1 is 1.38 bits per heavy atom. The zero-order valence-corrected chi connectivity index (χ0v) is 12.7. The third-order valence-corrected chi connectivity index (χ3v) is 3.60. The SMILES string of the molecule is CC1CC(=O)c2cc(C(=O)NCCN(C)C)c(=O)[nH]c2C1. The summed E-state index contributed by atoms with van der Waals surface area (Å²) in [6.07, 6.45) is 1.12. The summed E-state index contributed by atoms with van der Waals surface area (Å²) in [4.78, 5) is 40.7. The van der Waals surface area contributed by atoms with E-state index >= 15 is 0 Å². The molecule has 0 spiro atoms. The van der Waals surface area contributed by atoms with Gasteiger partial charge in [-0.15, -0.1) is 0 Å². The molecule has 0 radical (unpaired) electrons. The van der Waals surface area contributed by atoms with E-state index in [1.165, 1.54) is 6.07 Å². The van der Waals surface area contributed by atoms with Crippen LogP contribution in [0.3, 0.4) is 0 Å². The molecule has 0 fully saturated rings. The first-order valence-electron chi connectivity index (χ1n) is 7.10. The molecular formula is C15H21N3O3. The normalized spacial score (nSPS) is 17.7. The third-order valence-electron chi connectivity index (χ3n) is 3.60. The number of pyridine rings is 1. The van der Waals surface area contributed by atoms with Crippen LogP contribution in [0.15, 0.2) is 10.9 Å². The van der Waals surface area contributed by atoms with Crippen LogP contribution in [-0.2, 0) is 6.42 Å². The maximum atomic E-state index is 12.0. The molecule has 1 aromatic rings. The molecule has 1 aliphatic carbocycles. The lowest BCUT2D eigenvalue weighted by atomic mass is 9.86. The molecular weight excluding hydrogens is 270 g/mol. The van der Waals surface area contributed by atoms with E-state index in [0.29, 0.717) is 37.2 Å². The fourth-order valence-corrected chi connectivity index (χ4v) is 2.48. The second-order valence-electron chi connectivity index (χ2n) is 5.90. The van der Waals surface area contributed by atoms with Gasteiger partial charge in [0.15, 0.2) is 5.78 Å². The first-order valence-corrected chi connectivity index (χ1v) is 7.10. The number of carbonyl (C=O) groups excluding carboxylic acids is 2. The number of fused-ring (bicyclic) bond motifs is 1. The van der Waals surface area contributed by atoms with E-state index in [1.807, 2.05) is 25.9 Å². The van der Waals surface area contributed by atoms with Gasteiger partial charge in [-0.1, -0.05) is 6.92 Å². The number of nitrogens with one attached hydrogen (secondary N) is 2. The van der Waals surface area contributed by atoms with E-state index in [-0.39, 0.29) is 17.3 Å². The molecule has 0 bridgehead atoms. The Morgan fingerprint density at radius 2 is 2.10 bits per heavy atom. The van der Waals surface area contributed by atoms with Crippen molar-refractivity contribution in [2.45, 2.75) is 19.8 Å². The molecule has 1 unspecified atom stereocenters. The Kier molecular flexibility index (Phi) is 4.57. The highest BCUT2D eigenvalue weighted by Gasteiger charge is 2.25. The van der Waals surface area contributed by atoms with Crippen molar-refractivity contribution in [2.75, 3.05) is 27.2 Å². The van der Waals surface area contributed by atoms with Crippen molar-refractivity contribution in [1.29, 1.82) is 0 Å². The largest absolute Gasteiger partial charge is 0.351 e. The molecule has 0 aliphatic heterocycles. The average molecular weight is 291 g/mol. The number of hydrogen-bond acceptors (Lipinski definition) is 4. The monoisotopic (exact) mass is 291 g/mol. The summed E-state index contributed by atoms with van der Waals surface area (Å²) < 4.78 is 0. The van der Waals surface area contributed by atoms with Gasteiger partial charge in [0.2, 0.25) is 0 Å². The summed E-state index contributed by atoms with van der Waals surface area (Å²) in [5, 5.41) is 2.69. The fourth-order valence-electron chi connectivity index (χ4n) is 2.48. The van der Waals surface area contributed by atoms with Crippen molar-refractivity contribution in [3.63, 3.8) is 0 Å². The second kappa shape index (κ2) is 6.22. The predicted octanol–water partition coefficient (Wildman–Crippen LogP) is 0.431. The van der Waals surface area contributed by atoms with Gasteiger partial charge < -0.3 is 15.2 Å². The van der Waals surface area contributed by atoms with E-state index in [1.54, 1.807) is 0 Å². The van der Waals surface area contributed by atoms with Gasteiger partial charge in [0.05, 0.1) is 0 Å². The maximum Gasteiger partial charge on any atom is 0.261 e. The molecule has 1 atom stereocenters. The van der Waals surface area contributed by atoms with Crippen LogP contribution in [0.2, 0.25) is 0 Å². The van der Waals surface area contributed by atoms with Crippen molar-refractivity contribution in [3.8, 4) is 0 Å². The number of hydrogen-bond donors (Lipinski definition) is 2. The van der Waals surface area contributed by atoms with Gasteiger partial charge in [-0.25, -0.2) is 0 Å². The van der Waals surface area contributed by atoms with Gasteiger partial charge in [0.1, 0.15) is 5.56 Å². The van der Waals surface area contributed by atoms with Crippen molar-refractivity contribution < 1.29 is 9.59 Å². The Hall–Kier alpha value is -1.95. The van der Waals surface area contributed by atoms with Gasteiger partial charge in [0, 0.05) is 30.8 Å². The second-order valence-corrected chi connectivity index (χ2v) is 5.90. The average Bonchev–Trinajstić information content (AvgIpc) is 2.36. The highest BCUT2D eigenvalue weighted by molar-refractivity contribution is 6.01. The summed E-state index contributed by atoms with van der Waals surface area (Å²) in [5.74, 6) is -0.227. The highest BCUT2D eigenvalue weighted by atomic mass is 16.2. The topological polar surface area (TPSA) is 82.3 Å². The molecule has 0 aromatic carbocycles. The molecule has 1 heterocycles.